The van der Waals surface area contributed by atoms with Crippen LogP contribution in [0.25, 0.3) is 10.1 Å². The summed E-state index contributed by atoms with van der Waals surface area (Å²) in [5.41, 5.74) is -0.0795. The predicted molar refractivity (Wildman–Crippen MR) is 87.8 cm³/mol. The van der Waals surface area contributed by atoms with E-state index < -0.39 is 30.0 Å². The van der Waals surface area contributed by atoms with Crippen molar-refractivity contribution < 1.29 is 23.1 Å². The molecule has 2 aromatic carbocycles. The largest absolute Gasteiger partial charge is 0.453 e. The van der Waals surface area contributed by atoms with Crippen molar-refractivity contribution in [3.63, 3.8) is 0 Å². The van der Waals surface area contributed by atoms with Crippen LogP contribution in [0.15, 0.2) is 42.5 Å². The summed E-state index contributed by atoms with van der Waals surface area (Å²) < 4.78 is 31.7. The lowest BCUT2D eigenvalue weighted by Crippen LogP contribution is -2.14. The summed E-state index contributed by atoms with van der Waals surface area (Å²) in [5, 5.41) is 0.990. The first-order valence-electron chi connectivity index (χ1n) is 6.80. The molecule has 0 N–H and O–H groups in total. The van der Waals surface area contributed by atoms with Crippen molar-refractivity contribution in [3.8, 4) is 0 Å². The molecule has 3 rings (SSSR count). The lowest BCUT2D eigenvalue weighted by atomic mass is 10.1. The van der Waals surface area contributed by atoms with Crippen LogP contribution in [-0.4, -0.2) is 18.4 Å². The van der Waals surface area contributed by atoms with Crippen LogP contribution in [-0.2, 0) is 4.74 Å². The van der Waals surface area contributed by atoms with E-state index in [1.165, 1.54) is 0 Å². The van der Waals surface area contributed by atoms with E-state index in [1.807, 2.05) is 12.1 Å². The maximum Gasteiger partial charge on any atom is 0.350 e. The van der Waals surface area contributed by atoms with Gasteiger partial charge in [0.1, 0.15) is 4.88 Å². The lowest BCUT2D eigenvalue weighted by molar-refractivity contribution is 0.0479. The number of fused-ring (bicyclic) bond motifs is 1. The number of hydrogen-bond donors (Lipinski definition) is 0. The first kappa shape index (κ1) is 16.5. The molecule has 0 bridgehead atoms. The number of carbonyl (C=O) groups excluding carboxylic acids is 2. The number of ketones is 1. The van der Waals surface area contributed by atoms with Crippen LogP contribution in [0.2, 0.25) is 5.02 Å². The average Bonchev–Trinajstić information content (AvgIpc) is 2.92. The number of thiophene rings is 1. The van der Waals surface area contributed by atoms with E-state index in [0.717, 1.165) is 39.6 Å². The third kappa shape index (κ3) is 3.16. The minimum Gasteiger partial charge on any atom is -0.453 e. The van der Waals surface area contributed by atoms with Gasteiger partial charge in [0.15, 0.2) is 24.0 Å². The van der Waals surface area contributed by atoms with E-state index in [0.29, 0.717) is 0 Å². The summed E-state index contributed by atoms with van der Waals surface area (Å²) in [6.45, 7) is -0.589. The molecule has 0 atom stereocenters. The Labute approximate surface area is 144 Å². The van der Waals surface area contributed by atoms with Crippen LogP contribution in [0.1, 0.15) is 20.0 Å². The molecule has 0 aliphatic carbocycles. The Morgan fingerprint density at radius 1 is 1.08 bits per heavy atom. The highest BCUT2D eigenvalue weighted by molar-refractivity contribution is 7.21. The summed E-state index contributed by atoms with van der Waals surface area (Å²) in [4.78, 5) is 24.2. The Balaban J connectivity index is 1.73. The molecule has 3 aromatic rings. The maximum absolute atomic E-state index is 13.1. The first-order valence-corrected chi connectivity index (χ1v) is 7.99. The molecule has 24 heavy (non-hydrogen) atoms. The minimum absolute atomic E-state index is 0.0795. The van der Waals surface area contributed by atoms with E-state index in [1.54, 1.807) is 12.1 Å². The standard InChI is InChI=1S/C17H9ClF2O3S/c18-15-10-3-1-2-4-14(10)24-16(15)17(22)23-8-13(21)9-5-6-11(19)12(20)7-9/h1-7H,8H2. The van der Waals surface area contributed by atoms with E-state index in [2.05, 4.69) is 0 Å². The monoisotopic (exact) mass is 366 g/mol. The molecule has 0 unspecified atom stereocenters. The van der Waals surface area contributed by atoms with Crippen LogP contribution >= 0.6 is 22.9 Å². The summed E-state index contributed by atoms with van der Waals surface area (Å²) >= 11 is 7.31. The Bertz CT molecular complexity index is 952. The second-order valence-corrected chi connectivity index (χ2v) is 6.30. The number of Topliss-reactive ketones (excluding diaryl/α,β-unsaturated/α-hetero) is 1. The normalized spacial score (nSPS) is 10.8. The van der Waals surface area contributed by atoms with Crippen molar-refractivity contribution >= 4 is 44.8 Å². The fourth-order valence-corrected chi connectivity index (χ4v) is 3.50. The SMILES string of the molecule is O=C(COC(=O)c1sc2ccccc2c1Cl)c1ccc(F)c(F)c1. The molecule has 0 radical (unpaired) electrons. The summed E-state index contributed by atoms with van der Waals surface area (Å²) in [6, 6.07) is 9.93. The highest BCUT2D eigenvalue weighted by Gasteiger charge is 2.20. The van der Waals surface area contributed by atoms with Gasteiger partial charge in [-0.2, -0.15) is 0 Å². The van der Waals surface area contributed by atoms with Gasteiger partial charge in [0.25, 0.3) is 0 Å². The van der Waals surface area contributed by atoms with Crippen molar-refractivity contribution in [2.75, 3.05) is 6.61 Å². The van der Waals surface area contributed by atoms with Crippen LogP contribution in [0.5, 0.6) is 0 Å². The third-order valence-corrected chi connectivity index (χ3v) is 4.95. The van der Waals surface area contributed by atoms with E-state index >= 15 is 0 Å². The number of halogens is 3. The summed E-state index contributed by atoms with van der Waals surface area (Å²) in [6.07, 6.45) is 0. The molecule has 122 valence electrons. The van der Waals surface area contributed by atoms with Crippen molar-refractivity contribution in [2.45, 2.75) is 0 Å². The number of carbonyl (C=O) groups is 2. The van der Waals surface area contributed by atoms with Crippen molar-refractivity contribution in [1.82, 2.24) is 0 Å². The van der Waals surface area contributed by atoms with E-state index in [4.69, 9.17) is 16.3 Å². The summed E-state index contributed by atoms with van der Waals surface area (Å²) in [7, 11) is 0. The molecule has 1 heterocycles. The number of rotatable bonds is 4. The Hall–Kier alpha value is -2.31. The molecule has 0 amide bonds. The van der Waals surface area contributed by atoms with Gasteiger partial charge in [0.05, 0.1) is 5.02 Å². The van der Waals surface area contributed by atoms with Gasteiger partial charge in [-0.1, -0.05) is 29.8 Å². The zero-order chi connectivity index (χ0) is 17.3. The predicted octanol–water partition coefficient (Wildman–Crippen LogP) is 4.87. The van der Waals surface area contributed by atoms with Gasteiger partial charge < -0.3 is 4.74 Å². The molecule has 0 fully saturated rings. The van der Waals surface area contributed by atoms with Gasteiger partial charge in [-0.25, -0.2) is 13.6 Å². The van der Waals surface area contributed by atoms with Crippen molar-refractivity contribution in [3.05, 3.63) is 69.6 Å². The van der Waals surface area contributed by atoms with E-state index in [-0.39, 0.29) is 15.5 Å². The fourth-order valence-electron chi connectivity index (χ4n) is 2.09. The zero-order valence-corrected chi connectivity index (χ0v) is 13.6. The van der Waals surface area contributed by atoms with Gasteiger partial charge in [0.2, 0.25) is 0 Å². The number of hydrogen-bond acceptors (Lipinski definition) is 4. The smallest absolute Gasteiger partial charge is 0.350 e. The lowest BCUT2D eigenvalue weighted by Gasteiger charge is -2.04. The highest BCUT2D eigenvalue weighted by atomic mass is 35.5. The average molecular weight is 367 g/mol. The molecule has 0 aliphatic rings. The van der Waals surface area contributed by atoms with Crippen molar-refractivity contribution in [2.24, 2.45) is 0 Å². The van der Waals surface area contributed by atoms with Gasteiger partial charge in [-0.15, -0.1) is 11.3 Å². The molecular formula is C17H9ClF2O3S. The van der Waals surface area contributed by atoms with Crippen LogP contribution in [0.3, 0.4) is 0 Å². The quantitative estimate of drug-likeness (QED) is 0.488. The molecule has 1 aromatic heterocycles. The molecule has 0 spiro atoms. The Kier molecular flexibility index (Phi) is 4.59. The fraction of sp³-hybridized carbons (Fsp3) is 0.0588. The molecule has 0 saturated heterocycles. The Morgan fingerprint density at radius 2 is 1.83 bits per heavy atom. The third-order valence-electron chi connectivity index (χ3n) is 3.30. The van der Waals surface area contributed by atoms with E-state index in [9.17, 15) is 18.4 Å². The first-order chi connectivity index (χ1) is 11.5. The van der Waals surface area contributed by atoms with Crippen LogP contribution in [0, 0.1) is 11.6 Å². The zero-order valence-electron chi connectivity index (χ0n) is 12.0. The minimum atomic E-state index is -1.14. The maximum atomic E-state index is 13.1. The Morgan fingerprint density at radius 3 is 2.54 bits per heavy atom. The van der Waals surface area contributed by atoms with Crippen molar-refractivity contribution in [1.29, 1.82) is 0 Å². The number of benzene rings is 2. The molecule has 3 nitrogen and oxygen atoms in total. The molecule has 7 heteroatoms. The molecular weight excluding hydrogens is 358 g/mol. The highest BCUT2D eigenvalue weighted by Crippen LogP contribution is 2.35. The van der Waals surface area contributed by atoms with Crippen LogP contribution in [0.4, 0.5) is 8.78 Å². The second-order valence-electron chi connectivity index (χ2n) is 4.87. The van der Waals surface area contributed by atoms with Gasteiger partial charge >= 0.3 is 5.97 Å². The number of esters is 1. The second kappa shape index (κ2) is 6.67. The summed E-state index contributed by atoms with van der Waals surface area (Å²) in [5.74, 6) is -3.57. The van der Waals surface area contributed by atoms with Gasteiger partial charge in [0, 0.05) is 15.6 Å². The topological polar surface area (TPSA) is 43.4 Å². The van der Waals surface area contributed by atoms with Gasteiger partial charge in [-0.3, -0.25) is 4.79 Å². The molecule has 0 saturated carbocycles. The molecule has 0 aliphatic heterocycles. The van der Waals surface area contributed by atoms with Gasteiger partial charge in [-0.05, 0) is 24.3 Å². The number of ether oxygens (including phenoxy) is 1. The van der Waals surface area contributed by atoms with Crippen LogP contribution < -0.4 is 0 Å².